The summed E-state index contributed by atoms with van der Waals surface area (Å²) >= 11 is 0. The van der Waals surface area contributed by atoms with Gasteiger partial charge < -0.3 is 45.4 Å². The number of benzene rings is 3. The number of carbonyl (C=O) groups excluding carboxylic acids is 3. The highest BCUT2D eigenvalue weighted by Crippen LogP contribution is 2.40. The number of hydrogen-bond donors (Lipinski definition) is 4. The summed E-state index contributed by atoms with van der Waals surface area (Å²) < 4.78 is 6.31. The van der Waals surface area contributed by atoms with E-state index in [0.717, 1.165) is 81.5 Å². The zero-order chi connectivity index (χ0) is 41.2. The highest BCUT2D eigenvalue weighted by atomic mass is 16.5. The molecule has 0 radical (unpaired) electrons. The summed E-state index contributed by atoms with van der Waals surface area (Å²) in [5.41, 5.74) is 11.5. The number of amides is 4. The van der Waals surface area contributed by atoms with Gasteiger partial charge in [-0.15, -0.1) is 10.2 Å². The third-order valence-corrected chi connectivity index (χ3v) is 12.6. The average Bonchev–Trinajstić information content (AvgIpc) is 3.54. The number of fused-ring (bicyclic) bond motifs is 2. The summed E-state index contributed by atoms with van der Waals surface area (Å²) in [6.45, 7) is 8.84. The number of imide groups is 1. The number of nitrogen functional groups attached to an aromatic ring is 1. The van der Waals surface area contributed by atoms with Crippen molar-refractivity contribution in [2.75, 3.05) is 104 Å². The Morgan fingerprint density at radius 1 is 0.800 bits per heavy atom. The summed E-state index contributed by atoms with van der Waals surface area (Å²) in [6, 6.07) is 25.8. The Morgan fingerprint density at radius 2 is 1.52 bits per heavy atom. The number of nitrogens with two attached hydrogens (primary N) is 1. The van der Waals surface area contributed by atoms with E-state index in [2.05, 4.69) is 58.6 Å². The van der Waals surface area contributed by atoms with Gasteiger partial charge in [-0.25, -0.2) is 4.79 Å². The van der Waals surface area contributed by atoms with Crippen LogP contribution in [0, 0.1) is 0 Å². The molecule has 5 aliphatic rings. The number of anilines is 5. The van der Waals surface area contributed by atoms with Gasteiger partial charge in [0.05, 0.1) is 11.4 Å². The van der Waals surface area contributed by atoms with Crippen LogP contribution in [0.1, 0.15) is 25.7 Å². The molecule has 3 aromatic carbocycles. The van der Waals surface area contributed by atoms with Crippen LogP contribution in [-0.2, 0) is 9.59 Å². The summed E-state index contributed by atoms with van der Waals surface area (Å²) in [7, 11) is 0. The van der Waals surface area contributed by atoms with E-state index in [0.29, 0.717) is 74.8 Å². The number of hydrogen-bond acceptors (Lipinski definition) is 13. The van der Waals surface area contributed by atoms with E-state index in [-0.39, 0.29) is 23.6 Å². The Kier molecular flexibility index (Phi) is 11.2. The number of para-hydroxylation sites is 1. The lowest BCUT2D eigenvalue weighted by molar-refractivity contribution is -0.133. The maximum Gasteiger partial charge on any atom is 0.320 e. The molecule has 314 valence electrons. The smallest absolute Gasteiger partial charge is 0.320 e. The standard InChI is InChI=1S/C44H53N11O5/c45-42-39(27-38(48-49-42)36-6-1-2-7-40(36)56)54-28-33-12-13-34(29-54)55(33)32-4-3-5-35(26-32)60-25-24-50-16-18-52(19-17-50)44(59)53-22-20-51(21-23-53)31-10-8-30(9-11-31)46-37-14-15-41(57)47-43(37)58/h1-11,26-27,33-34,37,46,56H,12-25,28-29H2,(H2,45,49)(H,47,57,58). The maximum atomic E-state index is 13.5. The van der Waals surface area contributed by atoms with Crippen molar-refractivity contribution >= 4 is 46.4 Å². The van der Waals surface area contributed by atoms with Crippen LogP contribution in [0.2, 0.25) is 0 Å². The van der Waals surface area contributed by atoms with E-state index in [1.54, 1.807) is 12.1 Å². The topological polar surface area (TPSA) is 176 Å². The highest BCUT2D eigenvalue weighted by molar-refractivity contribution is 6.01. The molecule has 5 saturated heterocycles. The first-order valence-corrected chi connectivity index (χ1v) is 21.1. The van der Waals surface area contributed by atoms with Crippen LogP contribution in [0.15, 0.2) is 78.9 Å². The van der Waals surface area contributed by atoms with Gasteiger partial charge in [0.25, 0.3) is 0 Å². The van der Waals surface area contributed by atoms with E-state index in [9.17, 15) is 19.5 Å². The van der Waals surface area contributed by atoms with E-state index < -0.39 is 6.04 Å². The van der Waals surface area contributed by atoms with Gasteiger partial charge in [0.2, 0.25) is 11.8 Å². The number of phenolic OH excluding ortho intramolecular Hbond substituents is 1. The summed E-state index contributed by atoms with van der Waals surface area (Å²) in [4.78, 5) is 50.5. The Morgan fingerprint density at radius 3 is 2.23 bits per heavy atom. The Bertz CT molecular complexity index is 2180. The van der Waals surface area contributed by atoms with Gasteiger partial charge in [-0.3, -0.25) is 19.8 Å². The normalized spacial score (nSPS) is 22.2. The number of nitrogens with zero attached hydrogens (tertiary/aromatic N) is 8. The molecule has 9 rings (SSSR count). The van der Waals surface area contributed by atoms with E-state index in [1.807, 2.05) is 58.3 Å². The summed E-state index contributed by atoms with van der Waals surface area (Å²) in [5.74, 6) is 0.908. The van der Waals surface area contributed by atoms with Crippen molar-refractivity contribution in [3.05, 3.63) is 78.9 Å². The molecule has 1 aromatic heterocycles. The molecule has 5 fully saturated rings. The van der Waals surface area contributed by atoms with E-state index in [1.165, 1.54) is 5.69 Å². The number of phenols is 1. The van der Waals surface area contributed by atoms with Gasteiger partial charge in [-0.05, 0) is 73.9 Å². The molecule has 0 aliphatic carbocycles. The Balaban J connectivity index is 0.708. The lowest BCUT2D eigenvalue weighted by atomic mass is 10.1. The zero-order valence-corrected chi connectivity index (χ0v) is 33.8. The molecule has 2 bridgehead atoms. The number of piperazine rings is 3. The van der Waals surface area contributed by atoms with Crippen LogP contribution in [0.25, 0.3) is 11.3 Å². The van der Waals surface area contributed by atoms with Crippen molar-refractivity contribution in [2.45, 2.75) is 43.8 Å². The monoisotopic (exact) mass is 815 g/mol. The first-order valence-electron chi connectivity index (χ1n) is 21.1. The number of piperidine rings is 1. The molecule has 3 unspecified atom stereocenters. The number of carbonyl (C=O) groups is 3. The van der Waals surface area contributed by atoms with Crippen molar-refractivity contribution in [3.63, 3.8) is 0 Å². The molecule has 0 spiro atoms. The zero-order valence-electron chi connectivity index (χ0n) is 33.8. The fourth-order valence-electron chi connectivity index (χ4n) is 9.33. The minimum Gasteiger partial charge on any atom is -0.507 e. The second-order valence-corrected chi connectivity index (χ2v) is 16.3. The molecule has 16 nitrogen and oxygen atoms in total. The minimum atomic E-state index is -0.412. The van der Waals surface area contributed by atoms with Crippen LogP contribution in [0.3, 0.4) is 0 Å². The van der Waals surface area contributed by atoms with Crippen molar-refractivity contribution in [1.82, 2.24) is 30.2 Å². The fraction of sp³-hybridized carbons (Fsp3) is 0.432. The maximum absolute atomic E-state index is 13.5. The van der Waals surface area contributed by atoms with Crippen molar-refractivity contribution in [3.8, 4) is 22.8 Å². The fourth-order valence-corrected chi connectivity index (χ4v) is 9.33. The van der Waals surface area contributed by atoms with Gasteiger partial charge in [-0.2, -0.15) is 0 Å². The number of ether oxygens (including phenoxy) is 1. The summed E-state index contributed by atoms with van der Waals surface area (Å²) in [5, 5.41) is 24.6. The lowest BCUT2D eigenvalue weighted by Gasteiger charge is -2.43. The molecule has 4 aromatic rings. The second-order valence-electron chi connectivity index (χ2n) is 16.3. The molecule has 6 heterocycles. The van der Waals surface area contributed by atoms with Crippen LogP contribution >= 0.6 is 0 Å². The minimum absolute atomic E-state index is 0.110. The summed E-state index contributed by atoms with van der Waals surface area (Å²) in [6.07, 6.45) is 3.00. The van der Waals surface area contributed by atoms with Gasteiger partial charge in [0, 0.05) is 119 Å². The molecule has 16 heteroatoms. The van der Waals surface area contributed by atoms with Crippen molar-refractivity contribution in [1.29, 1.82) is 0 Å². The molecule has 60 heavy (non-hydrogen) atoms. The SMILES string of the molecule is Nc1nnc(-c2ccccc2O)cc1N1CC2CCC(C1)N2c1cccc(OCCN2CCN(C(=O)N3CCN(c4ccc(NC5CCC(=O)NC5=O)cc4)CC3)CC2)c1. The molecular formula is C44H53N11O5. The van der Waals surface area contributed by atoms with Gasteiger partial charge in [-0.1, -0.05) is 18.2 Å². The van der Waals surface area contributed by atoms with Gasteiger partial charge in [0.1, 0.15) is 24.1 Å². The van der Waals surface area contributed by atoms with Crippen LogP contribution in [0.4, 0.5) is 33.4 Å². The number of aromatic hydroxyl groups is 1. The van der Waals surface area contributed by atoms with Crippen molar-refractivity contribution in [2.24, 2.45) is 0 Å². The quantitative estimate of drug-likeness (QED) is 0.172. The first-order chi connectivity index (χ1) is 29.3. The van der Waals surface area contributed by atoms with Gasteiger partial charge in [0.15, 0.2) is 5.82 Å². The van der Waals surface area contributed by atoms with Crippen LogP contribution < -0.4 is 35.8 Å². The molecule has 4 amide bonds. The number of urea groups is 1. The number of nitrogens with one attached hydrogen (secondary N) is 2. The van der Waals surface area contributed by atoms with E-state index in [4.69, 9.17) is 10.5 Å². The molecule has 3 atom stereocenters. The Hall–Kier alpha value is -6.29. The molecule has 5 N–H and O–H groups in total. The molecule has 0 saturated carbocycles. The highest BCUT2D eigenvalue weighted by Gasteiger charge is 2.41. The van der Waals surface area contributed by atoms with Crippen LogP contribution in [0.5, 0.6) is 11.5 Å². The molecule has 5 aliphatic heterocycles. The predicted molar refractivity (Wildman–Crippen MR) is 230 cm³/mol. The molecular weight excluding hydrogens is 763 g/mol. The third kappa shape index (κ3) is 8.41. The first kappa shape index (κ1) is 39.2. The number of aromatic nitrogens is 2. The number of rotatable bonds is 10. The van der Waals surface area contributed by atoms with Gasteiger partial charge >= 0.3 is 6.03 Å². The Labute approximate surface area is 349 Å². The predicted octanol–water partition coefficient (Wildman–Crippen LogP) is 3.44. The third-order valence-electron chi connectivity index (χ3n) is 12.6. The van der Waals surface area contributed by atoms with Crippen molar-refractivity contribution < 1.29 is 24.2 Å². The second kappa shape index (κ2) is 17.1. The van der Waals surface area contributed by atoms with E-state index >= 15 is 0 Å². The largest absolute Gasteiger partial charge is 0.507 e. The van der Waals surface area contributed by atoms with Crippen LogP contribution in [-0.4, -0.2) is 145 Å². The average molecular weight is 816 g/mol. The lowest BCUT2D eigenvalue weighted by Crippen LogP contribution is -2.57.